The zero-order chi connectivity index (χ0) is 12.0. The van der Waals surface area contributed by atoms with E-state index in [2.05, 4.69) is 9.72 Å². The summed E-state index contributed by atoms with van der Waals surface area (Å²) in [5.74, 6) is 0. The fourth-order valence-electron chi connectivity index (χ4n) is 1.03. The van der Waals surface area contributed by atoms with Gasteiger partial charge in [-0.2, -0.15) is 0 Å². The maximum atomic E-state index is 11.3. The quantitative estimate of drug-likeness (QED) is 0.497. The molecule has 0 saturated heterocycles. The minimum absolute atomic E-state index is 0.00132. The van der Waals surface area contributed by atoms with Gasteiger partial charge in [0.25, 0.3) is 12.0 Å². The summed E-state index contributed by atoms with van der Waals surface area (Å²) in [5.41, 5.74) is -0.523. The third-order valence-electron chi connectivity index (χ3n) is 1.83. The fourth-order valence-corrected chi connectivity index (χ4v) is 1.03. The Hall–Kier alpha value is -1.89. The van der Waals surface area contributed by atoms with Crippen molar-refractivity contribution in [3.8, 4) is 0 Å². The second-order valence-electron chi connectivity index (χ2n) is 3.05. The minimum atomic E-state index is -0.535. The number of hydrogen-bond acceptors (Lipinski definition) is 5. The lowest BCUT2D eigenvalue weighted by molar-refractivity contribution is -0.130. The van der Waals surface area contributed by atoms with Crippen molar-refractivity contribution in [3.05, 3.63) is 32.6 Å². The van der Waals surface area contributed by atoms with E-state index in [0.29, 0.717) is 12.0 Å². The Morgan fingerprint density at radius 2 is 2.19 bits per heavy atom. The molecule has 0 radical (unpaired) electrons. The van der Waals surface area contributed by atoms with Crippen molar-refractivity contribution in [3.63, 3.8) is 0 Å². The van der Waals surface area contributed by atoms with E-state index < -0.39 is 11.2 Å². The highest BCUT2D eigenvalue weighted by Crippen LogP contribution is 1.86. The van der Waals surface area contributed by atoms with E-state index >= 15 is 0 Å². The summed E-state index contributed by atoms with van der Waals surface area (Å²) in [4.78, 5) is 34.2. The number of hydrogen-bond donors (Lipinski definition) is 1. The van der Waals surface area contributed by atoms with Crippen molar-refractivity contribution in [2.45, 2.75) is 13.7 Å². The molecule has 0 fully saturated rings. The molecule has 0 atom stereocenters. The molecule has 0 bridgehead atoms. The van der Waals surface area contributed by atoms with Crippen LogP contribution >= 0.6 is 0 Å². The van der Waals surface area contributed by atoms with Gasteiger partial charge in [-0.05, 0) is 6.92 Å². The smallest absolute Gasteiger partial charge is 0.330 e. The topological polar surface area (TPSA) is 90.4 Å². The summed E-state index contributed by atoms with van der Waals surface area (Å²) in [7, 11) is 0. The summed E-state index contributed by atoms with van der Waals surface area (Å²) >= 11 is 0. The van der Waals surface area contributed by atoms with E-state index in [4.69, 9.17) is 4.74 Å². The molecule has 0 aliphatic rings. The predicted molar refractivity (Wildman–Crippen MR) is 54.0 cm³/mol. The third kappa shape index (κ3) is 3.35. The highest BCUT2D eigenvalue weighted by molar-refractivity contribution is 5.36. The Bertz CT molecular complexity index is 462. The van der Waals surface area contributed by atoms with Crippen molar-refractivity contribution in [2.24, 2.45) is 0 Å². The van der Waals surface area contributed by atoms with Gasteiger partial charge in [0, 0.05) is 11.8 Å². The Labute approximate surface area is 90.6 Å². The van der Waals surface area contributed by atoms with Crippen LogP contribution in [0.2, 0.25) is 0 Å². The number of carbonyl (C=O) groups excluding carboxylic acids is 1. The van der Waals surface area contributed by atoms with Gasteiger partial charge in [-0.25, -0.2) is 4.79 Å². The predicted octanol–water partition coefficient (Wildman–Crippen LogP) is -1.01. The summed E-state index contributed by atoms with van der Waals surface area (Å²) < 4.78 is 10.7. The van der Waals surface area contributed by atoms with Crippen molar-refractivity contribution in [2.75, 3.05) is 13.2 Å². The van der Waals surface area contributed by atoms with Crippen molar-refractivity contribution in [1.29, 1.82) is 0 Å². The van der Waals surface area contributed by atoms with E-state index in [-0.39, 0.29) is 19.9 Å². The number of rotatable bonds is 6. The molecule has 0 aliphatic carbocycles. The molecule has 1 rings (SSSR count). The Morgan fingerprint density at radius 3 is 2.88 bits per heavy atom. The van der Waals surface area contributed by atoms with Crippen LogP contribution in [-0.4, -0.2) is 29.2 Å². The van der Waals surface area contributed by atoms with Crippen LogP contribution in [0, 0.1) is 6.92 Å². The maximum absolute atomic E-state index is 11.3. The number of nitrogens with zero attached hydrogens (tertiary/aromatic N) is 1. The molecular formula is C9H12N2O5. The third-order valence-corrected chi connectivity index (χ3v) is 1.83. The summed E-state index contributed by atoms with van der Waals surface area (Å²) in [6.45, 7) is 2.21. The number of nitrogens with one attached hydrogen (secondary N) is 1. The second-order valence-corrected chi connectivity index (χ2v) is 3.05. The first-order valence-electron chi connectivity index (χ1n) is 4.58. The maximum Gasteiger partial charge on any atom is 0.330 e. The highest BCUT2D eigenvalue weighted by Gasteiger charge is 2.00. The molecule has 1 aromatic rings. The fraction of sp³-hybridized carbons (Fsp3) is 0.444. The molecule has 1 heterocycles. The monoisotopic (exact) mass is 228 g/mol. The minimum Gasteiger partial charge on any atom is -0.465 e. The molecule has 1 aromatic heterocycles. The molecule has 0 aliphatic heterocycles. The molecule has 0 spiro atoms. The summed E-state index contributed by atoms with van der Waals surface area (Å²) in [5, 5.41) is 0. The standard InChI is InChI=1S/C9H12N2O5/c1-7-4-11(9(14)10-8(7)13)5-15-2-3-16-6-12/h4,6H,2-3,5H2,1H3,(H,10,13,14). The molecule has 0 aromatic carbocycles. The lowest BCUT2D eigenvalue weighted by Crippen LogP contribution is -2.31. The number of aromatic amines is 1. The van der Waals surface area contributed by atoms with Gasteiger partial charge in [0.15, 0.2) is 0 Å². The van der Waals surface area contributed by atoms with Crippen LogP contribution < -0.4 is 11.2 Å². The van der Waals surface area contributed by atoms with Crippen LogP contribution in [0.4, 0.5) is 0 Å². The molecule has 1 N–H and O–H groups in total. The van der Waals surface area contributed by atoms with Gasteiger partial charge in [-0.1, -0.05) is 0 Å². The molecule has 16 heavy (non-hydrogen) atoms. The molecular weight excluding hydrogens is 216 g/mol. The first-order chi connectivity index (χ1) is 7.65. The average molecular weight is 228 g/mol. The van der Waals surface area contributed by atoms with Gasteiger partial charge >= 0.3 is 5.69 Å². The first-order valence-corrected chi connectivity index (χ1v) is 4.58. The largest absolute Gasteiger partial charge is 0.465 e. The molecule has 0 unspecified atom stereocenters. The summed E-state index contributed by atoms with van der Waals surface area (Å²) in [6.07, 6.45) is 1.40. The van der Waals surface area contributed by atoms with Crippen molar-refractivity contribution >= 4 is 6.47 Å². The number of carbonyl (C=O) groups is 1. The normalized spacial score (nSPS) is 10.1. The van der Waals surface area contributed by atoms with E-state index in [0.717, 1.165) is 0 Å². The van der Waals surface area contributed by atoms with Crippen molar-refractivity contribution < 1.29 is 14.3 Å². The molecule has 88 valence electrons. The number of aryl methyl sites for hydroxylation is 1. The van der Waals surface area contributed by atoms with Crippen molar-refractivity contribution in [1.82, 2.24) is 9.55 Å². The van der Waals surface area contributed by atoms with E-state index in [1.807, 2.05) is 0 Å². The number of aromatic nitrogens is 2. The number of H-pyrrole nitrogens is 1. The van der Waals surface area contributed by atoms with Crippen LogP contribution in [0.3, 0.4) is 0 Å². The van der Waals surface area contributed by atoms with E-state index in [1.54, 1.807) is 6.92 Å². The van der Waals surface area contributed by atoms with Crippen LogP contribution in [0.1, 0.15) is 5.56 Å². The first kappa shape index (κ1) is 12.2. The molecule has 0 saturated carbocycles. The van der Waals surface area contributed by atoms with E-state index in [9.17, 15) is 14.4 Å². The lowest BCUT2D eigenvalue weighted by atomic mass is 10.4. The van der Waals surface area contributed by atoms with Gasteiger partial charge in [-0.3, -0.25) is 19.1 Å². The van der Waals surface area contributed by atoms with Gasteiger partial charge in [0.1, 0.15) is 13.3 Å². The Kier molecular flexibility index (Phi) is 4.46. The zero-order valence-corrected chi connectivity index (χ0v) is 8.76. The summed E-state index contributed by atoms with van der Waals surface area (Å²) in [6, 6.07) is 0. The van der Waals surface area contributed by atoms with Gasteiger partial charge in [0.2, 0.25) is 0 Å². The van der Waals surface area contributed by atoms with Crippen LogP contribution in [0.25, 0.3) is 0 Å². The van der Waals surface area contributed by atoms with Crippen LogP contribution in [0.15, 0.2) is 15.8 Å². The Balaban J connectivity index is 2.54. The molecule has 7 nitrogen and oxygen atoms in total. The molecule has 7 heteroatoms. The second kappa shape index (κ2) is 5.86. The Morgan fingerprint density at radius 1 is 1.44 bits per heavy atom. The zero-order valence-electron chi connectivity index (χ0n) is 8.76. The average Bonchev–Trinajstić information content (AvgIpc) is 2.25. The van der Waals surface area contributed by atoms with E-state index in [1.165, 1.54) is 10.8 Å². The lowest BCUT2D eigenvalue weighted by Gasteiger charge is -2.06. The molecule has 0 amide bonds. The number of ether oxygens (including phenoxy) is 2. The van der Waals surface area contributed by atoms with Gasteiger partial charge in [0.05, 0.1) is 6.61 Å². The highest BCUT2D eigenvalue weighted by atomic mass is 16.5. The van der Waals surface area contributed by atoms with Crippen LogP contribution in [-0.2, 0) is 21.0 Å². The van der Waals surface area contributed by atoms with Gasteiger partial charge < -0.3 is 9.47 Å². The van der Waals surface area contributed by atoms with Crippen LogP contribution in [0.5, 0.6) is 0 Å². The van der Waals surface area contributed by atoms with Gasteiger partial charge in [-0.15, -0.1) is 0 Å². The SMILES string of the molecule is Cc1cn(COCCOC=O)c(=O)[nH]c1=O.